The maximum absolute atomic E-state index is 13.4. The predicted molar refractivity (Wildman–Crippen MR) is 63.9 cm³/mol. The molecule has 2 rings (SSSR count). The number of benzene rings is 1. The molecule has 90 valence electrons. The zero-order chi connectivity index (χ0) is 12.3. The van der Waals surface area contributed by atoms with Gasteiger partial charge in [-0.05, 0) is 25.0 Å². The van der Waals surface area contributed by atoms with Crippen molar-refractivity contribution in [3.8, 4) is 0 Å². The zero-order valence-electron chi connectivity index (χ0n) is 9.07. The largest absolute Gasteiger partial charge is 0.327 e. The van der Waals surface area contributed by atoms with Gasteiger partial charge in [0.15, 0.2) is 0 Å². The van der Waals surface area contributed by atoms with Crippen LogP contribution in [0.15, 0.2) is 29.9 Å². The quantitative estimate of drug-likeness (QED) is 0.910. The zero-order valence-corrected chi connectivity index (χ0v) is 9.88. The molecule has 0 saturated carbocycles. The molecule has 1 unspecified atom stereocenters. The Morgan fingerprint density at radius 1 is 1.24 bits per heavy atom. The summed E-state index contributed by atoms with van der Waals surface area (Å²) in [5, 5.41) is 0. The van der Waals surface area contributed by atoms with Gasteiger partial charge in [-0.2, -0.15) is 0 Å². The SMILES string of the molecule is NC(Cc1cncs1)Cc1c(F)cccc1F. The van der Waals surface area contributed by atoms with Gasteiger partial charge in [0, 0.05) is 22.7 Å². The van der Waals surface area contributed by atoms with Crippen LogP contribution in [-0.2, 0) is 12.8 Å². The Labute approximate surface area is 102 Å². The van der Waals surface area contributed by atoms with Gasteiger partial charge in [0.05, 0.1) is 5.51 Å². The lowest BCUT2D eigenvalue weighted by atomic mass is 10.0. The minimum atomic E-state index is -0.537. The lowest BCUT2D eigenvalue weighted by Crippen LogP contribution is -2.26. The van der Waals surface area contributed by atoms with Crippen molar-refractivity contribution in [2.24, 2.45) is 5.73 Å². The number of rotatable bonds is 4. The van der Waals surface area contributed by atoms with Crippen LogP contribution in [0.5, 0.6) is 0 Å². The second kappa shape index (κ2) is 5.33. The summed E-state index contributed by atoms with van der Waals surface area (Å²) >= 11 is 1.49. The first-order valence-electron chi connectivity index (χ1n) is 5.22. The third kappa shape index (κ3) is 3.08. The molecule has 1 atom stereocenters. The van der Waals surface area contributed by atoms with E-state index in [1.807, 2.05) is 0 Å². The summed E-state index contributed by atoms with van der Waals surface area (Å²) in [6, 6.07) is 3.54. The number of nitrogens with zero attached hydrogens (tertiary/aromatic N) is 1. The monoisotopic (exact) mass is 254 g/mol. The van der Waals surface area contributed by atoms with E-state index in [1.165, 1.54) is 29.5 Å². The van der Waals surface area contributed by atoms with Crippen LogP contribution in [-0.4, -0.2) is 11.0 Å². The van der Waals surface area contributed by atoms with Gasteiger partial charge in [-0.15, -0.1) is 11.3 Å². The molecule has 0 aliphatic carbocycles. The highest BCUT2D eigenvalue weighted by atomic mass is 32.1. The van der Waals surface area contributed by atoms with Gasteiger partial charge in [0.2, 0.25) is 0 Å². The third-order valence-electron chi connectivity index (χ3n) is 2.47. The highest BCUT2D eigenvalue weighted by Crippen LogP contribution is 2.16. The number of nitrogens with two attached hydrogens (primary N) is 1. The summed E-state index contributed by atoms with van der Waals surface area (Å²) in [7, 11) is 0. The maximum atomic E-state index is 13.4. The van der Waals surface area contributed by atoms with Crippen LogP contribution in [0.25, 0.3) is 0 Å². The molecular weight excluding hydrogens is 242 g/mol. The first-order valence-corrected chi connectivity index (χ1v) is 6.10. The average molecular weight is 254 g/mol. The Bertz CT molecular complexity index is 465. The Balaban J connectivity index is 2.05. The van der Waals surface area contributed by atoms with Gasteiger partial charge in [-0.1, -0.05) is 6.07 Å². The normalized spacial score (nSPS) is 12.6. The van der Waals surface area contributed by atoms with Crippen molar-refractivity contribution in [2.45, 2.75) is 18.9 Å². The summed E-state index contributed by atoms with van der Waals surface area (Å²) in [6.07, 6.45) is 2.50. The van der Waals surface area contributed by atoms with Crippen molar-refractivity contribution >= 4 is 11.3 Å². The smallest absolute Gasteiger partial charge is 0.129 e. The summed E-state index contributed by atoms with van der Waals surface area (Å²) < 4.78 is 26.8. The van der Waals surface area contributed by atoms with E-state index in [9.17, 15) is 8.78 Å². The van der Waals surface area contributed by atoms with E-state index in [2.05, 4.69) is 4.98 Å². The molecule has 2 aromatic rings. The van der Waals surface area contributed by atoms with Gasteiger partial charge in [-0.25, -0.2) is 8.78 Å². The van der Waals surface area contributed by atoms with Crippen LogP contribution in [0.2, 0.25) is 0 Å². The fourth-order valence-corrected chi connectivity index (χ4v) is 2.35. The maximum Gasteiger partial charge on any atom is 0.129 e. The van der Waals surface area contributed by atoms with Crippen LogP contribution < -0.4 is 5.73 Å². The molecule has 2 N–H and O–H groups in total. The van der Waals surface area contributed by atoms with Crippen molar-refractivity contribution in [3.63, 3.8) is 0 Å². The van der Waals surface area contributed by atoms with E-state index in [0.29, 0.717) is 6.42 Å². The van der Waals surface area contributed by atoms with Crippen LogP contribution in [0.3, 0.4) is 0 Å². The van der Waals surface area contributed by atoms with Crippen molar-refractivity contribution in [1.29, 1.82) is 0 Å². The number of aromatic nitrogens is 1. The molecule has 17 heavy (non-hydrogen) atoms. The van der Waals surface area contributed by atoms with Gasteiger partial charge in [0.1, 0.15) is 11.6 Å². The lowest BCUT2D eigenvalue weighted by Gasteiger charge is -2.11. The Hall–Kier alpha value is -1.33. The van der Waals surface area contributed by atoms with E-state index in [0.717, 1.165) is 4.88 Å². The van der Waals surface area contributed by atoms with Crippen molar-refractivity contribution < 1.29 is 8.78 Å². The molecule has 0 radical (unpaired) electrons. The highest BCUT2D eigenvalue weighted by molar-refractivity contribution is 7.09. The van der Waals surface area contributed by atoms with Gasteiger partial charge in [-0.3, -0.25) is 4.98 Å². The molecule has 0 bridgehead atoms. The molecule has 0 aliphatic rings. The van der Waals surface area contributed by atoms with E-state index >= 15 is 0 Å². The first kappa shape index (κ1) is 12.1. The number of halogens is 2. The molecule has 0 fully saturated rings. The first-order chi connectivity index (χ1) is 8.16. The van der Waals surface area contributed by atoms with Crippen LogP contribution in [0.4, 0.5) is 8.78 Å². The second-order valence-electron chi connectivity index (χ2n) is 3.84. The Morgan fingerprint density at radius 3 is 2.53 bits per heavy atom. The van der Waals surface area contributed by atoms with Crippen LogP contribution in [0.1, 0.15) is 10.4 Å². The molecule has 1 heterocycles. The molecule has 5 heteroatoms. The topological polar surface area (TPSA) is 38.9 Å². The molecular formula is C12H12F2N2S. The number of hydrogen-bond acceptors (Lipinski definition) is 3. The van der Waals surface area contributed by atoms with Crippen LogP contribution in [0, 0.1) is 11.6 Å². The fourth-order valence-electron chi connectivity index (χ4n) is 1.66. The summed E-state index contributed by atoms with van der Waals surface area (Å²) in [4.78, 5) is 4.95. The molecule has 0 amide bonds. The summed E-state index contributed by atoms with van der Waals surface area (Å²) in [5.41, 5.74) is 7.65. The molecule has 1 aromatic heterocycles. The van der Waals surface area contributed by atoms with E-state index in [1.54, 1.807) is 11.7 Å². The second-order valence-corrected chi connectivity index (χ2v) is 4.81. The molecule has 0 aliphatic heterocycles. The van der Waals surface area contributed by atoms with E-state index < -0.39 is 11.6 Å². The van der Waals surface area contributed by atoms with E-state index in [4.69, 9.17) is 5.73 Å². The Morgan fingerprint density at radius 2 is 1.94 bits per heavy atom. The van der Waals surface area contributed by atoms with Crippen molar-refractivity contribution in [1.82, 2.24) is 4.98 Å². The highest BCUT2D eigenvalue weighted by Gasteiger charge is 2.13. The van der Waals surface area contributed by atoms with Gasteiger partial charge < -0.3 is 5.73 Å². The molecule has 1 aromatic carbocycles. The van der Waals surface area contributed by atoms with Gasteiger partial charge >= 0.3 is 0 Å². The molecule has 0 saturated heterocycles. The summed E-state index contributed by atoms with van der Waals surface area (Å²) in [6.45, 7) is 0. The third-order valence-corrected chi connectivity index (χ3v) is 3.28. The average Bonchev–Trinajstić information content (AvgIpc) is 2.76. The minimum absolute atomic E-state index is 0.0597. The summed E-state index contributed by atoms with van der Waals surface area (Å²) in [5.74, 6) is -1.07. The van der Waals surface area contributed by atoms with E-state index in [-0.39, 0.29) is 18.0 Å². The lowest BCUT2D eigenvalue weighted by molar-refractivity contribution is 0.534. The number of hydrogen-bond donors (Lipinski definition) is 1. The Kier molecular flexibility index (Phi) is 3.81. The van der Waals surface area contributed by atoms with Crippen molar-refractivity contribution in [2.75, 3.05) is 0 Å². The van der Waals surface area contributed by atoms with Gasteiger partial charge in [0.25, 0.3) is 0 Å². The molecule has 0 spiro atoms. The standard InChI is InChI=1S/C12H12F2N2S/c13-11-2-1-3-12(14)10(11)5-8(15)4-9-6-16-7-17-9/h1-3,6-8H,4-5,15H2. The predicted octanol–water partition coefficient (Wildman–Crippen LogP) is 2.53. The fraction of sp³-hybridized carbons (Fsp3) is 0.250. The number of thiazole rings is 1. The van der Waals surface area contributed by atoms with Crippen LogP contribution >= 0.6 is 11.3 Å². The minimum Gasteiger partial charge on any atom is -0.327 e. The molecule has 2 nitrogen and oxygen atoms in total. The van der Waals surface area contributed by atoms with Crippen molar-refractivity contribution in [3.05, 3.63) is 52.0 Å².